The number of nitrogens with one attached hydrogen (secondary N) is 2. The van der Waals surface area contributed by atoms with Crippen LogP contribution >= 0.6 is 23.1 Å². The Hall–Kier alpha value is -2.58. The van der Waals surface area contributed by atoms with Gasteiger partial charge in [0.15, 0.2) is 4.34 Å². The highest BCUT2D eigenvalue weighted by atomic mass is 32.2. The van der Waals surface area contributed by atoms with Crippen molar-refractivity contribution in [2.75, 3.05) is 23.5 Å². The summed E-state index contributed by atoms with van der Waals surface area (Å²) in [6.45, 7) is 3.96. The first-order valence-corrected chi connectivity index (χ1v) is 10.1. The van der Waals surface area contributed by atoms with Gasteiger partial charge in [-0.3, -0.25) is 4.79 Å². The molecule has 0 unspecified atom stereocenters. The summed E-state index contributed by atoms with van der Waals surface area (Å²) in [4.78, 5) is 12.3. The Balaban J connectivity index is 1.57. The van der Waals surface area contributed by atoms with E-state index in [1.807, 2.05) is 56.3 Å². The Morgan fingerprint density at radius 2 is 1.85 bits per heavy atom. The zero-order valence-corrected chi connectivity index (χ0v) is 16.9. The quantitative estimate of drug-likeness (QED) is 0.563. The number of carbonyl (C=O) groups excluding carboxylic acids is 1. The normalized spacial score (nSPS) is 10.5. The molecule has 27 heavy (non-hydrogen) atoms. The first kappa shape index (κ1) is 19.2. The molecule has 6 nitrogen and oxygen atoms in total. The number of amides is 1. The van der Waals surface area contributed by atoms with Crippen molar-refractivity contribution in [3.63, 3.8) is 0 Å². The predicted molar refractivity (Wildman–Crippen MR) is 111 cm³/mol. The standard InChI is InChI=1S/C19H20N4O2S2/c1-12-7-6-8-13(2)17(12)21-16(24)11-26-19-23-22-18(27-19)20-14-9-4-5-10-15(14)25-3/h4-10H,11H2,1-3H3,(H,20,22)(H,21,24). The molecule has 0 saturated carbocycles. The maximum Gasteiger partial charge on any atom is 0.234 e. The average Bonchev–Trinajstić information content (AvgIpc) is 3.11. The van der Waals surface area contributed by atoms with Gasteiger partial charge >= 0.3 is 0 Å². The number of methoxy groups -OCH3 is 1. The second kappa shape index (κ2) is 8.88. The van der Waals surface area contributed by atoms with Crippen LogP contribution in [-0.2, 0) is 4.79 Å². The summed E-state index contributed by atoms with van der Waals surface area (Å²) < 4.78 is 6.04. The van der Waals surface area contributed by atoms with E-state index < -0.39 is 0 Å². The molecule has 1 heterocycles. The van der Waals surface area contributed by atoms with Crippen LogP contribution in [0.3, 0.4) is 0 Å². The number of benzene rings is 2. The first-order valence-electron chi connectivity index (χ1n) is 8.29. The summed E-state index contributed by atoms with van der Waals surface area (Å²) in [6.07, 6.45) is 0. The summed E-state index contributed by atoms with van der Waals surface area (Å²) in [5, 5.41) is 15.1. The molecule has 0 atom stereocenters. The van der Waals surface area contributed by atoms with Crippen LogP contribution in [-0.4, -0.2) is 29.0 Å². The summed E-state index contributed by atoms with van der Waals surface area (Å²) in [6, 6.07) is 13.5. The molecule has 140 valence electrons. The number of ether oxygens (including phenoxy) is 1. The lowest BCUT2D eigenvalue weighted by Gasteiger charge is -2.10. The topological polar surface area (TPSA) is 76.1 Å². The second-order valence-corrected chi connectivity index (χ2v) is 8.00. The Morgan fingerprint density at radius 1 is 1.11 bits per heavy atom. The molecule has 3 rings (SSSR count). The fraction of sp³-hybridized carbons (Fsp3) is 0.211. The fourth-order valence-electron chi connectivity index (χ4n) is 2.50. The Kier molecular flexibility index (Phi) is 6.31. The number of para-hydroxylation sites is 3. The van der Waals surface area contributed by atoms with E-state index in [1.165, 1.54) is 23.1 Å². The van der Waals surface area contributed by atoms with Gasteiger partial charge in [0.05, 0.1) is 18.6 Å². The third-order valence-corrected chi connectivity index (χ3v) is 5.80. The minimum absolute atomic E-state index is 0.0631. The molecule has 0 saturated heterocycles. The third kappa shape index (κ3) is 4.99. The van der Waals surface area contributed by atoms with Gasteiger partial charge in [0, 0.05) is 5.69 Å². The van der Waals surface area contributed by atoms with Crippen LogP contribution < -0.4 is 15.4 Å². The lowest BCUT2D eigenvalue weighted by Crippen LogP contribution is -2.15. The van der Waals surface area contributed by atoms with Crippen molar-refractivity contribution < 1.29 is 9.53 Å². The van der Waals surface area contributed by atoms with Crippen molar-refractivity contribution in [2.45, 2.75) is 18.2 Å². The van der Waals surface area contributed by atoms with Crippen LogP contribution in [0.2, 0.25) is 0 Å². The number of carbonyl (C=O) groups is 1. The molecule has 0 aliphatic carbocycles. The lowest BCUT2D eigenvalue weighted by atomic mass is 10.1. The SMILES string of the molecule is COc1ccccc1Nc1nnc(SCC(=O)Nc2c(C)cccc2C)s1. The monoisotopic (exact) mass is 400 g/mol. The van der Waals surface area contributed by atoms with Crippen LogP contribution in [0.1, 0.15) is 11.1 Å². The van der Waals surface area contributed by atoms with Gasteiger partial charge in [0.25, 0.3) is 0 Å². The average molecular weight is 401 g/mol. The van der Waals surface area contributed by atoms with E-state index in [0.29, 0.717) is 5.13 Å². The molecular weight excluding hydrogens is 380 g/mol. The third-order valence-electron chi connectivity index (χ3n) is 3.83. The lowest BCUT2D eigenvalue weighted by molar-refractivity contribution is -0.113. The molecule has 2 N–H and O–H groups in total. The van der Waals surface area contributed by atoms with Gasteiger partial charge in [-0.2, -0.15) is 0 Å². The molecule has 8 heteroatoms. The van der Waals surface area contributed by atoms with Crippen molar-refractivity contribution >= 4 is 45.5 Å². The largest absolute Gasteiger partial charge is 0.495 e. The van der Waals surface area contributed by atoms with Crippen molar-refractivity contribution in [1.82, 2.24) is 10.2 Å². The molecule has 0 fully saturated rings. The zero-order chi connectivity index (χ0) is 19.2. The number of hydrogen-bond acceptors (Lipinski definition) is 7. The van der Waals surface area contributed by atoms with E-state index >= 15 is 0 Å². The van der Waals surface area contributed by atoms with Crippen LogP contribution in [0.25, 0.3) is 0 Å². The van der Waals surface area contributed by atoms with E-state index in [4.69, 9.17) is 4.74 Å². The molecule has 0 bridgehead atoms. The van der Waals surface area contributed by atoms with Gasteiger partial charge < -0.3 is 15.4 Å². The van der Waals surface area contributed by atoms with Crippen LogP contribution in [0.5, 0.6) is 5.75 Å². The Morgan fingerprint density at radius 3 is 2.59 bits per heavy atom. The minimum Gasteiger partial charge on any atom is -0.495 e. The van der Waals surface area contributed by atoms with Crippen LogP contribution in [0.15, 0.2) is 46.8 Å². The van der Waals surface area contributed by atoms with Crippen molar-refractivity contribution in [1.29, 1.82) is 0 Å². The molecule has 1 aromatic heterocycles. The molecule has 3 aromatic rings. The summed E-state index contributed by atoms with van der Waals surface area (Å²) >= 11 is 2.76. The fourth-order valence-corrected chi connectivity index (χ4v) is 4.06. The highest BCUT2D eigenvalue weighted by Gasteiger charge is 2.11. The Bertz CT molecular complexity index is 923. The van der Waals surface area contributed by atoms with Crippen molar-refractivity contribution in [2.24, 2.45) is 0 Å². The number of rotatable bonds is 7. The second-order valence-electron chi connectivity index (χ2n) is 5.80. The molecule has 0 spiro atoms. The van der Waals surface area contributed by atoms with Gasteiger partial charge in [-0.15, -0.1) is 10.2 Å². The van der Waals surface area contributed by atoms with Gasteiger partial charge in [-0.1, -0.05) is 53.4 Å². The molecular formula is C19H20N4O2S2. The summed E-state index contributed by atoms with van der Waals surface area (Å²) in [5.41, 5.74) is 3.79. The Labute approximate surface area is 166 Å². The molecule has 0 aliphatic heterocycles. The van der Waals surface area contributed by atoms with Crippen molar-refractivity contribution in [3.05, 3.63) is 53.6 Å². The zero-order valence-electron chi connectivity index (χ0n) is 15.3. The van der Waals surface area contributed by atoms with E-state index in [0.717, 1.165) is 32.6 Å². The summed E-state index contributed by atoms with van der Waals surface area (Å²) in [5.74, 6) is 0.943. The maximum atomic E-state index is 12.3. The summed E-state index contributed by atoms with van der Waals surface area (Å²) in [7, 11) is 1.62. The van der Waals surface area contributed by atoms with Crippen LogP contribution in [0, 0.1) is 13.8 Å². The number of anilines is 3. The minimum atomic E-state index is -0.0631. The number of thioether (sulfide) groups is 1. The van der Waals surface area contributed by atoms with Gasteiger partial charge in [-0.05, 0) is 37.1 Å². The van der Waals surface area contributed by atoms with Crippen LogP contribution in [0.4, 0.5) is 16.5 Å². The highest BCUT2D eigenvalue weighted by Crippen LogP contribution is 2.31. The van der Waals surface area contributed by atoms with Crippen molar-refractivity contribution in [3.8, 4) is 5.75 Å². The van der Waals surface area contributed by atoms with E-state index in [9.17, 15) is 4.79 Å². The molecule has 0 aliphatic rings. The van der Waals surface area contributed by atoms with E-state index in [2.05, 4.69) is 20.8 Å². The van der Waals surface area contributed by atoms with E-state index in [-0.39, 0.29) is 11.7 Å². The molecule has 1 amide bonds. The maximum absolute atomic E-state index is 12.3. The van der Waals surface area contributed by atoms with Gasteiger partial charge in [0.1, 0.15) is 5.75 Å². The number of nitrogens with zero attached hydrogens (tertiary/aromatic N) is 2. The van der Waals surface area contributed by atoms with Gasteiger partial charge in [0.2, 0.25) is 11.0 Å². The molecule has 2 aromatic carbocycles. The highest BCUT2D eigenvalue weighted by molar-refractivity contribution is 8.01. The number of aryl methyl sites for hydroxylation is 2. The predicted octanol–water partition coefficient (Wildman–Crippen LogP) is 4.64. The first-order chi connectivity index (χ1) is 13.1. The van der Waals surface area contributed by atoms with Gasteiger partial charge in [-0.25, -0.2) is 0 Å². The van der Waals surface area contributed by atoms with E-state index in [1.54, 1.807) is 7.11 Å². The number of aromatic nitrogens is 2. The number of hydrogen-bond donors (Lipinski definition) is 2. The molecule has 0 radical (unpaired) electrons. The smallest absolute Gasteiger partial charge is 0.234 e.